The minimum Gasteiger partial charge on any atom is -0.478 e. The first kappa shape index (κ1) is 16.7. The average Bonchev–Trinajstić information content (AvgIpc) is 2.64. The summed E-state index contributed by atoms with van der Waals surface area (Å²) in [6.45, 7) is 0. The lowest BCUT2D eigenvalue weighted by Gasteiger charge is -2.16. The highest BCUT2D eigenvalue weighted by atomic mass is 19.1. The number of rotatable bonds is 6. The Morgan fingerprint density at radius 3 is 2.12 bits per heavy atom. The highest BCUT2D eigenvalue weighted by molar-refractivity contribution is 5.73. The zero-order chi connectivity index (χ0) is 17.6. The van der Waals surface area contributed by atoms with Crippen LogP contribution in [-0.2, 0) is 11.2 Å². The largest absolute Gasteiger partial charge is 0.478 e. The molecule has 0 aromatic heterocycles. The van der Waals surface area contributed by atoms with E-state index >= 15 is 0 Å². The molecular formula is C21H17FO3. The first-order chi connectivity index (χ1) is 12.1. The van der Waals surface area contributed by atoms with E-state index in [2.05, 4.69) is 0 Å². The molecule has 3 nitrogen and oxygen atoms in total. The molecule has 0 amide bonds. The second-order valence-electron chi connectivity index (χ2n) is 5.63. The highest BCUT2D eigenvalue weighted by Gasteiger charge is 2.21. The summed E-state index contributed by atoms with van der Waals surface area (Å²) in [7, 11) is 0. The summed E-state index contributed by atoms with van der Waals surface area (Å²) < 4.78 is 19.3. The van der Waals surface area contributed by atoms with Gasteiger partial charge in [-0.2, -0.15) is 0 Å². The van der Waals surface area contributed by atoms with E-state index in [4.69, 9.17) is 4.74 Å². The summed E-state index contributed by atoms with van der Waals surface area (Å²) in [5.41, 5.74) is 2.39. The standard InChI is InChI=1S/C21H17FO3/c22-19-9-5-4-8-17(19)14-20(21(23)24)25-18-12-10-16(11-13-18)15-6-2-1-3-7-15/h1-13,20H,14H2,(H,23,24)/t20-/m0/s1. The second kappa shape index (κ2) is 7.62. The van der Waals surface area contributed by atoms with Crippen molar-refractivity contribution in [3.8, 4) is 16.9 Å². The molecule has 0 saturated carbocycles. The maximum absolute atomic E-state index is 13.7. The summed E-state index contributed by atoms with van der Waals surface area (Å²) in [6, 6.07) is 23.1. The molecule has 0 radical (unpaired) electrons. The van der Waals surface area contributed by atoms with Crippen molar-refractivity contribution in [3.05, 3.63) is 90.2 Å². The Bertz CT molecular complexity index is 845. The Kier molecular flexibility index (Phi) is 5.09. The maximum atomic E-state index is 13.7. The summed E-state index contributed by atoms with van der Waals surface area (Å²) in [5.74, 6) is -1.13. The van der Waals surface area contributed by atoms with E-state index in [0.29, 0.717) is 11.3 Å². The van der Waals surface area contributed by atoms with E-state index in [9.17, 15) is 14.3 Å². The van der Waals surface area contributed by atoms with Crippen LogP contribution in [-0.4, -0.2) is 17.2 Å². The van der Waals surface area contributed by atoms with Crippen LogP contribution in [0.25, 0.3) is 11.1 Å². The second-order valence-corrected chi connectivity index (χ2v) is 5.63. The van der Waals surface area contributed by atoms with E-state index in [1.807, 2.05) is 42.5 Å². The molecule has 3 aromatic rings. The molecule has 0 fully saturated rings. The highest BCUT2D eigenvalue weighted by Crippen LogP contribution is 2.23. The predicted molar refractivity (Wildman–Crippen MR) is 94.0 cm³/mol. The summed E-state index contributed by atoms with van der Waals surface area (Å²) >= 11 is 0. The van der Waals surface area contributed by atoms with Crippen LogP contribution in [0.5, 0.6) is 5.75 Å². The fourth-order valence-electron chi connectivity index (χ4n) is 2.56. The van der Waals surface area contributed by atoms with Gasteiger partial charge in [-0.15, -0.1) is 0 Å². The number of hydrogen-bond donors (Lipinski definition) is 1. The zero-order valence-corrected chi connectivity index (χ0v) is 13.4. The number of benzene rings is 3. The predicted octanol–water partition coefficient (Wildman–Crippen LogP) is 4.57. The lowest BCUT2D eigenvalue weighted by atomic mass is 10.1. The molecule has 0 unspecified atom stereocenters. The Morgan fingerprint density at radius 2 is 1.48 bits per heavy atom. The smallest absolute Gasteiger partial charge is 0.345 e. The van der Waals surface area contributed by atoms with Crippen molar-refractivity contribution < 1.29 is 19.0 Å². The van der Waals surface area contributed by atoms with E-state index in [1.165, 1.54) is 6.07 Å². The summed E-state index contributed by atoms with van der Waals surface area (Å²) in [6.07, 6.45) is -1.19. The fourth-order valence-corrected chi connectivity index (χ4v) is 2.56. The van der Waals surface area contributed by atoms with E-state index in [-0.39, 0.29) is 6.42 Å². The minimum absolute atomic E-state index is 0.0392. The normalized spacial score (nSPS) is 11.7. The van der Waals surface area contributed by atoms with Gasteiger partial charge in [0.1, 0.15) is 11.6 Å². The molecule has 0 aliphatic rings. The number of carboxylic acid groups (broad SMARTS) is 1. The fraction of sp³-hybridized carbons (Fsp3) is 0.0952. The molecule has 3 rings (SSSR count). The van der Waals surface area contributed by atoms with E-state index in [1.54, 1.807) is 30.3 Å². The maximum Gasteiger partial charge on any atom is 0.345 e. The molecule has 0 aliphatic carbocycles. The van der Waals surface area contributed by atoms with Crippen molar-refractivity contribution in [3.63, 3.8) is 0 Å². The van der Waals surface area contributed by atoms with Crippen molar-refractivity contribution in [1.82, 2.24) is 0 Å². The van der Waals surface area contributed by atoms with Crippen LogP contribution in [0.1, 0.15) is 5.56 Å². The number of halogens is 1. The molecule has 126 valence electrons. The zero-order valence-electron chi connectivity index (χ0n) is 13.4. The number of ether oxygens (including phenoxy) is 1. The monoisotopic (exact) mass is 336 g/mol. The van der Waals surface area contributed by atoms with Crippen molar-refractivity contribution in [2.45, 2.75) is 12.5 Å². The Labute approximate surface area is 145 Å². The molecule has 0 saturated heterocycles. The van der Waals surface area contributed by atoms with E-state index < -0.39 is 17.9 Å². The summed E-state index contributed by atoms with van der Waals surface area (Å²) in [5, 5.41) is 9.37. The van der Waals surface area contributed by atoms with Gasteiger partial charge in [0.15, 0.2) is 6.10 Å². The van der Waals surface area contributed by atoms with Gasteiger partial charge in [-0.3, -0.25) is 0 Å². The molecular weight excluding hydrogens is 319 g/mol. The third-order valence-electron chi connectivity index (χ3n) is 3.88. The lowest BCUT2D eigenvalue weighted by Crippen LogP contribution is -2.29. The lowest BCUT2D eigenvalue weighted by molar-refractivity contribution is -0.145. The van der Waals surface area contributed by atoms with Gasteiger partial charge in [-0.05, 0) is 34.9 Å². The van der Waals surface area contributed by atoms with Crippen LogP contribution < -0.4 is 4.74 Å². The molecule has 0 bridgehead atoms. The third kappa shape index (κ3) is 4.23. The van der Waals surface area contributed by atoms with Gasteiger partial charge in [0, 0.05) is 6.42 Å². The van der Waals surface area contributed by atoms with Crippen molar-refractivity contribution in [2.75, 3.05) is 0 Å². The molecule has 1 atom stereocenters. The Balaban J connectivity index is 1.74. The number of aliphatic carboxylic acids is 1. The molecule has 0 heterocycles. The SMILES string of the molecule is O=C(O)[C@H](Cc1ccccc1F)Oc1ccc(-c2ccccc2)cc1. The molecule has 3 aromatic carbocycles. The van der Waals surface area contributed by atoms with Gasteiger partial charge in [0.05, 0.1) is 0 Å². The number of carboxylic acids is 1. The topological polar surface area (TPSA) is 46.5 Å². The van der Waals surface area contributed by atoms with Crippen molar-refractivity contribution in [1.29, 1.82) is 0 Å². The molecule has 0 aliphatic heterocycles. The quantitative estimate of drug-likeness (QED) is 0.717. The summed E-state index contributed by atoms with van der Waals surface area (Å²) in [4.78, 5) is 11.5. The molecule has 1 N–H and O–H groups in total. The van der Waals surface area contributed by atoms with Crippen LogP contribution in [0.15, 0.2) is 78.9 Å². The Morgan fingerprint density at radius 1 is 0.880 bits per heavy atom. The average molecular weight is 336 g/mol. The van der Waals surface area contributed by atoms with Crippen molar-refractivity contribution in [2.24, 2.45) is 0 Å². The van der Waals surface area contributed by atoms with Crippen LogP contribution in [0.2, 0.25) is 0 Å². The van der Waals surface area contributed by atoms with Gasteiger partial charge in [0.2, 0.25) is 0 Å². The molecule has 4 heteroatoms. The van der Waals surface area contributed by atoms with Gasteiger partial charge in [-0.1, -0.05) is 60.7 Å². The van der Waals surface area contributed by atoms with Gasteiger partial charge in [0.25, 0.3) is 0 Å². The molecule has 0 spiro atoms. The van der Waals surface area contributed by atoms with Gasteiger partial charge in [-0.25, -0.2) is 9.18 Å². The van der Waals surface area contributed by atoms with Crippen LogP contribution in [0, 0.1) is 5.82 Å². The first-order valence-corrected chi connectivity index (χ1v) is 7.92. The van der Waals surface area contributed by atoms with Crippen LogP contribution >= 0.6 is 0 Å². The first-order valence-electron chi connectivity index (χ1n) is 7.92. The molecule has 25 heavy (non-hydrogen) atoms. The minimum atomic E-state index is -1.15. The van der Waals surface area contributed by atoms with E-state index in [0.717, 1.165) is 11.1 Å². The van der Waals surface area contributed by atoms with Gasteiger partial charge >= 0.3 is 5.97 Å². The Hall–Kier alpha value is -3.14. The van der Waals surface area contributed by atoms with Crippen LogP contribution in [0.3, 0.4) is 0 Å². The third-order valence-corrected chi connectivity index (χ3v) is 3.88. The number of hydrogen-bond acceptors (Lipinski definition) is 2. The van der Waals surface area contributed by atoms with Gasteiger partial charge < -0.3 is 9.84 Å². The van der Waals surface area contributed by atoms with Crippen LogP contribution in [0.4, 0.5) is 4.39 Å². The number of carbonyl (C=O) groups is 1. The van der Waals surface area contributed by atoms with Crippen molar-refractivity contribution >= 4 is 5.97 Å².